The van der Waals surface area contributed by atoms with Crippen molar-refractivity contribution in [3.8, 4) is 5.75 Å². The first-order valence-electron chi connectivity index (χ1n) is 11.4. The number of pyridine rings is 1. The summed E-state index contributed by atoms with van der Waals surface area (Å²) in [5.41, 5.74) is 2.94. The van der Waals surface area contributed by atoms with Gasteiger partial charge in [0.25, 0.3) is 5.91 Å². The van der Waals surface area contributed by atoms with Crippen molar-refractivity contribution in [3.05, 3.63) is 95.8 Å². The summed E-state index contributed by atoms with van der Waals surface area (Å²) in [7, 11) is 0. The van der Waals surface area contributed by atoms with Crippen LogP contribution in [0.1, 0.15) is 16.8 Å². The minimum Gasteiger partial charge on any atom is -0.484 e. The maximum Gasteiger partial charge on any atom is 0.261 e. The van der Waals surface area contributed by atoms with Gasteiger partial charge in [-0.05, 0) is 36.8 Å². The van der Waals surface area contributed by atoms with Crippen LogP contribution in [0, 0.1) is 6.92 Å². The van der Waals surface area contributed by atoms with Crippen LogP contribution >= 0.6 is 0 Å². The van der Waals surface area contributed by atoms with Crippen molar-refractivity contribution >= 4 is 11.8 Å². The molecule has 1 aromatic heterocycles. The Kier molecular flexibility index (Phi) is 7.88. The van der Waals surface area contributed by atoms with E-state index in [1.165, 1.54) is 4.90 Å². The van der Waals surface area contributed by atoms with E-state index in [0.717, 1.165) is 16.8 Å². The average Bonchev–Trinajstić information content (AvgIpc) is 3.02. The van der Waals surface area contributed by atoms with Gasteiger partial charge in [-0.25, -0.2) is 0 Å². The van der Waals surface area contributed by atoms with Gasteiger partial charge in [-0.3, -0.25) is 14.6 Å². The van der Waals surface area contributed by atoms with Crippen LogP contribution in [-0.2, 0) is 27.5 Å². The number of nitrogens with zero attached hydrogens (tertiary/aromatic N) is 3. The SMILES string of the molecule is Cc1ccc(OCC(=O)N2CC(=O)N(Cc3ccccc3)C[C@@H](OCc3ccccn3)C2)cc1. The Bertz CT molecular complexity index is 1070. The van der Waals surface area contributed by atoms with E-state index < -0.39 is 0 Å². The summed E-state index contributed by atoms with van der Waals surface area (Å²) in [5, 5.41) is 0. The number of benzene rings is 2. The van der Waals surface area contributed by atoms with E-state index in [1.54, 1.807) is 11.1 Å². The highest BCUT2D eigenvalue weighted by atomic mass is 16.5. The molecule has 1 atom stereocenters. The Labute approximate surface area is 199 Å². The molecule has 2 amide bonds. The van der Waals surface area contributed by atoms with Gasteiger partial charge in [0.2, 0.25) is 5.91 Å². The predicted molar refractivity (Wildman–Crippen MR) is 128 cm³/mol. The van der Waals surface area contributed by atoms with Gasteiger partial charge in [-0.15, -0.1) is 0 Å². The maximum absolute atomic E-state index is 13.1. The van der Waals surface area contributed by atoms with Gasteiger partial charge in [0.1, 0.15) is 5.75 Å². The molecule has 0 radical (unpaired) electrons. The molecule has 2 heterocycles. The standard InChI is InChI=1S/C27H29N3O4/c1-21-10-12-24(13-11-21)34-20-27(32)30-17-25(33-19-23-9-5-6-14-28-23)16-29(26(31)18-30)15-22-7-3-2-4-8-22/h2-14,25H,15-20H2,1H3/t25-/m1/s1. The van der Waals surface area contributed by atoms with Crippen LogP contribution in [0.4, 0.5) is 0 Å². The molecule has 34 heavy (non-hydrogen) atoms. The van der Waals surface area contributed by atoms with Gasteiger partial charge in [-0.1, -0.05) is 54.1 Å². The second-order valence-electron chi connectivity index (χ2n) is 8.39. The molecule has 7 nitrogen and oxygen atoms in total. The van der Waals surface area contributed by atoms with Crippen molar-refractivity contribution in [2.75, 3.05) is 26.2 Å². The predicted octanol–water partition coefficient (Wildman–Crippen LogP) is 3.23. The molecule has 7 heteroatoms. The Balaban J connectivity index is 1.44. The lowest BCUT2D eigenvalue weighted by molar-refractivity contribution is -0.140. The molecule has 0 N–H and O–H groups in total. The fourth-order valence-electron chi connectivity index (χ4n) is 3.79. The van der Waals surface area contributed by atoms with Crippen LogP contribution in [-0.4, -0.2) is 58.9 Å². The van der Waals surface area contributed by atoms with Crippen LogP contribution in [0.15, 0.2) is 79.0 Å². The summed E-state index contributed by atoms with van der Waals surface area (Å²) < 4.78 is 11.8. The van der Waals surface area contributed by atoms with Gasteiger partial charge in [-0.2, -0.15) is 0 Å². The Morgan fingerprint density at radius 2 is 1.76 bits per heavy atom. The number of ether oxygens (including phenoxy) is 2. The fourth-order valence-corrected chi connectivity index (χ4v) is 3.79. The van der Waals surface area contributed by atoms with Crippen LogP contribution < -0.4 is 4.74 Å². The molecule has 1 aliphatic heterocycles. The summed E-state index contributed by atoms with van der Waals surface area (Å²) in [6.45, 7) is 3.31. The van der Waals surface area contributed by atoms with Gasteiger partial charge >= 0.3 is 0 Å². The lowest BCUT2D eigenvalue weighted by Gasteiger charge is -2.25. The molecular weight excluding hydrogens is 430 g/mol. The molecule has 2 aromatic carbocycles. The number of hydrogen-bond donors (Lipinski definition) is 0. The third-order valence-corrected chi connectivity index (χ3v) is 5.67. The Hall–Kier alpha value is -3.71. The summed E-state index contributed by atoms with van der Waals surface area (Å²) >= 11 is 0. The summed E-state index contributed by atoms with van der Waals surface area (Å²) in [5.74, 6) is 0.257. The molecule has 0 aliphatic carbocycles. The van der Waals surface area contributed by atoms with Crippen molar-refractivity contribution in [2.24, 2.45) is 0 Å². The molecule has 0 bridgehead atoms. The van der Waals surface area contributed by atoms with Crippen molar-refractivity contribution in [2.45, 2.75) is 26.2 Å². The van der Waals surface area contributed by atoms with Gasteiger partial charge in [0.15, 0.2) is 6.61 Å². The first-order chi connectivity index (χ1) is 16.6. The third kappa shape index (κ3) is 6.65. The second kappa shape index (κ2) is 11.4. The zero-order valence-electron chi connectivity index (χ0n) is 19.3. The normalized spacial score (nSPS) is 16.3. The molecular formula is C27H29N3O4. The number of hydrogen-bond acceptors (Lipinski definition) is 5. The molecule has 1 fully saturated rings. The molecule has 4 rings (SSSR count). The van der Waals surface area contributed by atoms with E-state index in [1.807, 2.05) is 79.7 Å². The maximum atomic E-state index is 13.1. The number of amides is 2. The van der Waals surface area contributed by atoms with E-state index in [4.69, 9.17) is 9.47 Å². The third-order valence-electron chi connectivity index (χ3n) is 5.67. The molecule has 1 aliphatic rings. The van der Waals surface area contributed by atoms with E-state index in [9.17, 15) is 9.59 Å². The fraction of sp³-hybridized carbons (Fsp3) is 0.296. The molecule has 0 saturated carbocycles. The lowest BCUT2D eigenvalue weighted by Crippen LogP contribution is -2.42. The molecule has 0 unspecified atom stereocenters. The van der Waals surface area contributed by atoms with E-state index >= 15 is 0 Å². The first kappa shape index (κ1) is 23.4. The minimum atomic E-state index is -0.347. The van der Waals surface area contributed by atoms with E-state index in [2.05, 4.69) is 4.98 Å². The first-order valence-corrected chi connectivity index (χ1v) is 11.4. The van der Waals surface area contributed by atoms with Crippen LogP contribution in [0.3, 0.4) is 0 Å². The van der Waals surface area contributed by atoms with Crippen molar-refractivity contribution in [1.29, 1.82) is 0 Å². The summed E-state index contributed by atoms with van der Waals surface area (Å²) in [6, 6.07) is 23.0. The van der Waals surface area contributed by atoms with Crippen LogP contribution in [0.2, 0.25) is 0 Å². The molecule has 176 valence electrons. The Morgan fingerprint density at radius 1 is 1.00 bits per heavy atom. The number of carbonyl (C=O) groups is 2. The smallest absolute Gasteiger partial charge is 0.261 e. The highest BCUT2D eigenvalue weighted by molar-refractivity contribution is 5.86. The number of carbonyl (C=O) groups excluding carboxylic acids is 2. The number of aromatic nitrogens is 1. The van der Waals surface area contributed by atoms with Gasteiger partial charge in [0.05, 0.1) is 24.9 Å². The van der Waals surface area contributed by atoms with Crippen molar-refractivity contribution in [3.63, 3.8) is 0 Å². The van der Waals surface area contributed by atoms with Crippen molar-refractivity contribution < 1.29 is 19.1 Å². The topological polar surface area (TPSA) is 72.0 Å². The van der Waals surface area contributed by atoms with E-state index in [0.29, 0.717) is 32.0 Å². The van der Waals surface area contributed by atoms with Gasteiger partial charge < -0.3 is 19.3 Å². The van der Waals surface area contributed by atoms with Crippen LogP contribution in [0.5, 0.6) is 5.75 Å². The summed E-state index contributed by atoms with van der Waals surface area (Å²) in [6.07, 6.45) is 1.37. The average molecular weight is 460 g/mol. The van der Waals surface area contributed by atoms with Crippen LogP contribution in [0.25, 0.3) is 0 Å². The molecule has 0 spiro atoms. The monoisotopic (exact) mass is 459 g/mol. The largest absolute Gasteiger partial charge is 0.484 e. The highest BCUT2D eigenvalue weighted by Gasteiger charge is 2.31. The van der Waals surface area contributed by atoms with E-state index in [-0.39, 0.29) is 31.1 Å². The number of rotatable bonds is 8. The second-order valence-corrected chi connectivity index (χ2v) is 8.39. The Morgan fingerprint density at radius 3 is 2.50 bits per heavy atom. The number of aryl methyl sites for hydroxylation is 1. The highest BCUT2D eigenvalue weighted by Crippen LogP contribution is 2.15. The van der Waals surface area contributed by atoms with Gasteiger partial charge in [0, 0.05) is 25.8 Å². The quantitative estimate of drug-likeness (QED) is 0.517. The zero-order chi connectivity index (χ0) is 23.8. The lowest BCUT2D eigenvalue weighted by atomic mass is 10.2. The molecule has 3 aromatic rings. The minimum absolute atomic E-state index is 0.00757. The molecule has 1 saturated heterocycles. The summed E-state index contributed by atoms with van der Waals surface area (Å²) in [4.78, 5) is 33.7. The zero-order valence-corrected chi connectivity index (χ0v) is 19.3. The van der Waals surface area contributed by atoms with Crippen molar-refractivity contribution in [1.82, 2.24) is 14.8 Å².